The summed E-state index contributed by atoms with van der Waals surface area (Å²) in [6.07, 6.45) is 9.60. The third kappa shape index (κ3) is 22.5. The van der Waals surface area contributed by atoms with E-state index in [0.29, 0.717) is 25.8 Å². The summed E-state index contributed by atoms with van der Waals surface area (Å²) >= 11 is 0. The van der Waals surface area contributed by atoms with Crippen molar-refractivity contribution in [2.75, 3.05) is 6.54 Å². The number of hydrogen-bond donors (Lipinski definition) is 5. The van der Waals surface area contributed by atoms with Gasteiger partial charge in [-0.25, -0.2) is 0 Å². The van der Waals surface area contributed by atoms with E-state index in [1.807, 2.05) is 0 Å². The molecule has 0 amide bonds. The molecule has 0 aromatic heterocycles. The van der Waals surface area contributed by atoms with E-state index in [9.17, 15) is 9.59 Å². The van der Waals surface area contributed by atoms with Gasteiger partial charge in [0.25, 0.3) is 0 Å². The van der Waals surface area contributed by atoms with Crippen LogP contribution in [-0.4, -0.2) is 40.7 Å². The van der Waals surface area contributed by atoms with E-state index in [1.165, 1.54) is 32.1 Å². The number of aliphatic carboxylic acids is 2. The van der Waals surface area contributed by atoms with Gasteiger partial charge < -0.3 is 27.4 Å². The number of unbranched alkanes of at least 4 members (excludes halogenated alkanes) is 6. The Morgan fingerprint density at radius 2 is 1.50 bits per heavy atom. The predicted octanol–water partition coefficient (Wildman–Crippen LogP) is 1.66. The molecule has 8 N–H and O–H groups in total. The van der Waals surface area contributed by atoms with Gasteiger partial charge in [0.05, 0.1) is 0 Å². The van der Waals surface area contributed by atoms with Crippen molar-refractivity contribution in [2.45, 2.75) is 77.2 Å². The van der Waals surface area contributed by atoms with Crippen molar-refractivity contribution < 1.29 is 19.8 Å². The Morgan fingerprint density at radius 1 is 0.958 bits per heavy atom. The molecule has 0 aromatic rings. The summed E-state index contributed by atoms with van der Waals surface area (Å²) in [5.74, 6) is -1.65. The second kappa shape index (κ2) is 17.5. The molecule has 1 atom stereocenters. The minimum absolute atomic E-state index is 0.0129. The second-order valence-electron chi connectivity index (χ2n) is 5.66. The number of hydrogen-bond acceptors (Lipinski definition) is 4. The normalized spacial score (nSPS) is 11.1. The van der Waals surface area contributed by atoms with Crippen LogP contribution in [0.15, 0.2) is 4.99 Å². The molecule has 8 heteroatoms. The molecular formula is C16H34N4O4. The highest BCUT2D eigenvalue weighted by Gasteiger charge is 2.09. The standard InChI is InChI=1S/C10H20O2.C6H14N4O2/c1-2-3-4-5-6-7-8-9-10(11)12;7-4(5(11)12)2-1-3-10-6(8)9/h2-9H2,1H3,(H,11,12);4H,1-3,7H2,(H,11,12)(H4,8,9,10). The predicted molar refractivity (Wildman–Crippen MR) is 95.8 cm³/mol. The maximum atomic E-state index is 10.2. The SMILES string of the molecule is CCCCCCCCCC(=O)O.NC(N)=NCCCC(N)C(=O)O. The summed E-state index contributed by atoms with van der Waals surface area (Å²) < 4.78 is 0. The van der Waals surface area contributed by atoms with Gasteiger partial charge >= 0.3 is 11.9 Å². The quantitative estimate of drug-likeness (QED) is 0.192. The van der Waals surface area contributed by atoms with Crippen LogP contribution in [0.5, 0.6) is 0 Å². The Morgan fingerprint density at radius 3 is 1.96 bits per heavy atom. The molecule has 0 saturated heterocycles. The first kappa shape index (κ1) is 24.4. The lowest BCUT2D eigenvalue weighted by Crippen LogP contribution is -2.30. The zero-order valence-electron chi connectivity index (χ0n) is 14.7. The molecule has 8 nitrogen and oxygen atoms in total. The third-order valence-electron chi connectivity index (χ3n) is 3.28. The molecule has 24 heavy (non-hydrogen) atoms. The van der Waals surface area contributed by atoms with Crippen molar-refractivity contribution in [3.8, 4) is 0 Å². The van der Waals surface area contributed by atoms with Crippen LogP contribution >= 0.6 is 0 Å². The van der Waals surface area contributed by atoms with Crippen molar-refractivity contribution in [3.05, 3.63) is 0 Å². The van der Waals surface area contributed by atoms with Crippen LogP contribution < -0.4 is 17.2 Å². The van der Waals surface area contributed by atoms with E-state index in [4.69, 9.17) is 27.4 Å². The molecule has 0 bridgehead atoms. The Kier molecular flexibility index (Phi) is 17.8. The van der Waals surface area contributed by atoms with E-state index < -0.39 is 18.0 Å². The summed E-state index contributed by atoms with van der Waals surface area (Å²) in [5, 5.41) is 16.7. The van der Waals surface area contributed by atoms with Crippen LogP contribution in [-0.2, 0) is 9.59 Å². The zero-order valence-corrected chi connectivity index (χ0v) is 14.7. The number of aliphatic imine (C=N–C) groups is 1. The van der Waals surface area contributed by atoms with E-state index in [0.717, 1.165) is 12.8 Å². The number of carboxylic acids is 2. The van der Waals surface area contributed by atoms with E-state index >= 15 is 0 Å². The molecule has 0 spiro atoms. The van der Waals surface area contributed by atoms with Crippen LogP contribution in [0.4, 0.5) is 0 Å². The third-order valence-corrected chi connectivity index (χ3v) is 3.28. The van der Waals surface area contributed by atoms with Gasteiger partial charge in [0.1, 0.15) is 6.04 Å². The topological polar surface area (TPSA) is 165 Å². The Hall–Kier alpha value is -1.83. The number of rotatable bonds is 13. The molecular weight excluding hydrogens is 312 g/mol. The lowest BCUT2D eigenvalue weighted by atomic mass is 10.1. The fraction of sp³-hybridized carbons (Fsp3) is 0.812. The summed E-state index contributed by atoms with van der Waals surface area (Å²) in [6.45, 7) is 2.62. The van der Waals surface area contributed by atoms with Gasteiger partial charge in [-0.1, -0.05) is 45.4 Å². The zero-order chi connectivity index (χ0) is 18.8. The number of guanidine groups is 1. The molecule has 0 aromatic carbocycles. The van der Waals surface area contributed by atoms with Crippen molar-refractivity contribution >= 4 is 17.9 Å². The maximum Gasteiger partial charge on any atom is 0.320 e. The Labute approximate surface area is 144 Å². The minimum Gasteiger partial charge on any atom is -0.481 e. The van der Waals surface area contributed by atoms with E-state index in [1.54, 1.807) is 0 Å². The van der Waals surface area contributed by atoms with Crippen LogP contribution in [0.2, 0.25) is 0 Å². The summed E-state index contributed by atoms with van der Waals surface area (Å²) in [5.41, 5.74) is 15.3. The Balaban J connectivity index is 0. The van der Waals surface area contributed by atoms with Crippen LogP contribution in [0, 0.1) is 0 Å². The average molecular weight is 346 g/mol. The lowest BCUT2D eigenvalue weighted by molar-refractivity contribution is -0.139. The highest BCUT2D eigenvalue weighted by atomic mass is 16.4. The molecule has 0 heterocycles. The largest absolute Gasteiger partial charge is 0.481 e. The molecule has 0 fully saturated rings. The number of nitrogens with two attached hydrogens (primary N) is 3. The molecule has 1 unspecified atom stereocenters. The maximum absolute atomic E-state index is 10.2. The molecule has 142 valence electrons. The molecule has 0 saturated carbocycles. The summed E-state index contributed by atoms with van der Waals surface area (Å²) in [4.78, 5) is 24.0. The molecule has 0 rings (SSSR count). The van der Waals surface area contributed by atoms with E-state index in [-0.39, 0.29) is 5.96 Å². The van der Waals surface area contributed by atoms with Crippen molar-refractivity contribution in [2.24, 2.45) is 22.2 Å². The van der Waals surface area contributed by atoms with Gasteiger partial charge in [0.2, 0.25) is 0 Å². The first-order valence-corrected chi connectivity index (χ1v) is 8.56. The van der Waals surface area contributed by atoms with Gasteiger partial charge in [-0.05, 0) is 19.3 Å². The highest BCUT2D eigenvalue weighted by molar-refractivity contribution is 5.75. The number of nitrogens with zero attached hydrogens (tertiary/aromatic N) is 1. The Bertz CT molecular complexity index is 358. The lowest BCUT2D eigenvalue weighted by Gasteiger charge is -2.03. The van der Waals surface area contributed by atoms with Gasteiger partial charge in [-0.3, -0.25) is 14.6 Å². The number of carbonyl (C=O) groups is 2. The average Bonchev–Trinajstić information content (AvgIpc) is 2.50. The first-order valence-electron chi connectivity index (χ1n) is 8.56. The first-order chi connectivity index (χ1) is 11.3. The van der Waals surface area contributed by atoms with Gasteiger partial charge in [0.15, 0.2) is 5.96 Å². The van der Waals surface area contributed by atoms with Crippen molar-refractivity contribution in [3.63, 3.8) is 0 Å². The smallest absolute Gasteiger partial charge is 0.320 e. The van der Waals surface area contributed by atoms with Gasteiger partial charge in [-0.2, -0.15) is 0 Å². The fourth-order valence-electron chi connectivity index (χ4n) is 1.88. The molecule has 0 aliphatic carbocycles. The molecule has 0 radical (unpaired) electrons. The monoisotopic (exact) mass is 346 g/mol. The minimum atomic E-state index is -1.00. The fourth-order valence-corrected chi connectivity index (χ4v) is 1.88. The van der Waals surface area contributed by atoms with Crippen LogP contribution in [0.3, 0.4) is 0 Å². The highest BCUT2D eigenvalue weighted by Crippen LogP contribution is 2.07. The van der Waals surface area contributed by atoms with Gasteiger partial charge in [0, 0.05) is 13.0 Å². The van der Waals surface area contributed by atoms with Crippen LogP contribution in [0.25, 0.3) is 0 Å². The van der Waals surface area contributed by atoms with E-state index in [2.05, 4.69) is 11.9 Å². The molecule has 0 aliphatic rings. The van der Waals surface area contributed by atoms with Crippen molar-refractivity contribution in [1.82, 2.24) is 0 Å². The molecule has 0 aliphatic heterocycles. The van der Waals surface area contributed by atoms with Crippen LogP contribution in [0.1, 0.15) is 71.1 Å². The summed E-state index contributed by atoms with van der Waals surface area (Å²) in [6, 6.07) is -0.820. The van der Waals surface area contributed by atoms with Crippen molar-refractivity contribution in [1.29, 1.82) is 0 Å². The summed E-state index contributed by atoms with van der Waals surface area (Å²) in [7, 11) is 0. The van der Waals surface area contributed by atoms with Gasteiger partial charge in [-0.15, -0.1) is 0 Å². The number of carboxylic acid groups (broad SMARTS) is 2. The second-order valence-corrected chi connectivity index (χ2v) is 5.66.